The molecular weight excluding hydrogens is 326 g/mol. The largest absolute Gasteiger partial charge is 0.391 e. The number of rotatable bonds is 3. The highest BCUT2D eigenvalue weighted by molar-refractivity contribution is 5.92. The van der Waals surface area contributed by atoms with Crippen LogP contribution in [-0.2, 0) is 6.42 Å². The van der Waals surface area contributed by atoms with Gasteiger partial charge in [0.2, 0.25) is 0 Å². The summed E-state index contributed by atoms with van der Waals surface area (Å²) in [6.45, 7) is 2.93. The van der Waals surface area contributed by atoms with E-state index in [0.29, 0.717) is 30.6 Å². The monoisotopic (exact) mass is 344 g/mol. The molecule has 130 valence electrons. The number of aromatic amines is 1. The Morgan fingerprint density at radius 3 is 2.88 bits per heavy atom. The molecule has 0 radical (unpaired) electrons. The fraction of sp³-hybridized carbons (Fsp3) is 0.333. The van der Waals surface area contributed by atoms with Crippen molar-refractivity contribution < 1.29 is 13.9 Å². The van der Waals surface area contributed by atoms with Crippen LogP contribution >= 0.6 is 0 Å². The van der Waals surface area contributed by atoms with E-state index in [1.54, 1.807) is 6.07 Å². The summed E-state index contributed by atoms with van der Waals surface area (Å²) >= 11 is 0. The predicted molar refractivity (Wildman–Crippen MR) is 90.4 cm³/mol. The van der Waals surface area contributed by atoms with E-state index in [1.165, 1.54) is 12.3 Å². The molecule has 3 aromatic rings. The van der Waals surface area contributed by atoms with Gasteiger partial charge in [-0.3, -0.25) is 10.1 Å². The molecule has 1 aliphatic rings. The number of H-pyrrole nitrogens is 1. The summed E-state index contributed by atoms with van der Waals surface area (Å²) in [6.07, 6.45) is 1.63. The van der Waals surface area contributed by atoms with Crippen molar-refractivity contribution >= 4 is 16.6 Å². The van der Waals surface area contributed by atoms with Crippen molar-refractivity contribution in [2.24, 2.45) is 5.92 Å². The molecule has 0 unspecified atom stereocenters. The Morgan fingerprint density at radius 2 is 2.12 bits per heavy atom. The second-order valence-electron chi connectivity index (χ2n) is 6.59. The molecule has 0 aliphatic carbocycles. The molecule has 0 amide bonds. The Kier molecular flexibility index (Phi) is 3.88. The summed E-state index contributed by atoms with van der Waals surface area (Å²) in [5, 5.41) is 18.0. The number of benzene rings is 1. The zero-order chi connectivity index (χ0) is 17.6. The van der Waals surface area contributed by atoms with Crippen LogP contribution in [0.5, 0.6) is 0 Å². The summed E-state index contributed by atoms with van der Waals surface area (Å²) in [5.74, 6) is -1.31. The highest BCUT2D eigenvalue weighted by atomic mass is 19.1. The lowest BCUT2D eigenvalue weighted by Gasteiger charge is -2.20. The maximum atomic E-state index is 14.0. The van der Waals surface area contributed by atoms with E-state index in [4.69, 9.17) is 0 Å². The normalized spacial score (nSPS) is 20.6. The van der Waals surface area contributed by atoms with Gasteiger partial charge in [-0.25, -0.2) is 8.78 Å². The smallest absolute Gasteiger partial charge is 0.152 e. The van der Waals surface area contributed by atoms with Gasteiger partial charge in [0.1, 0.15) is 11.3 Å². The topological polar surface area (TPSA) is 65.0 Å². The minimum Gasteiger partial charge on any atom is -0.391 e. The quantitative estimate of drug-likeness (QED) is 0.766. The van der Waals surface area contributed by atoms with Gasteiger partial charge in [0.15, 0.2) is 5.82 Å². The molecular formula is C18H18F2N4O. The van der Waals surface area contributed by atoms with E-state index in [1.807, 2.05) is 17.9 Å². The highest BCUT2D eigenvalue weighted by Gasteiger charge is 2.33. The molecule has 2 N–H and O–H groups in total. The average molecular weight is 344 g/mol. The molecule has 1 saturated heterocycles. The Bertz CT molecular complexity index is 927. The molecule has 4 rings (SSSR count). The third-order valence-electron chi connectivity index (χ3n) is 4.72. The number of aliphatic hydroxyl groups is 1. The number of aliphatic hydroxyl groups excluding tert-OH is 1. The Hall–Kier alpha value is -2.54. The lowest BCUT2D eigenvalue weighted by molar-refractivity contribution is 0.148. The molecule has 1 fully saturated rings. The van der Waals surface area contributed by atoms with Crippen LogP contribution in [0.25, 0.3) is 10.9 Å². The number of β-amino-alcohol motifs (C(OH)–C–C–N with tert-alkyl or cyclic N) is 1. The number of nitrogens with zero attached hydrogens (tertiary/aromatic N) is 3. The molecule has 5 nitrogen and oxygen atoms in total. The summed E-state index contributed by atoms with van der Waals surface area (Å²) in [7, 11) is 0. The Morgan fingerprint density at radius 1 is 1.28 bits per heavy atom. The van der Waals surface area contributed by atoms with E-state index in [0.717, 1.165) is 17.5 Å². The fourth-order valence-corrected chi connectivity index (χ4v) is 3.54. The summed E-state index contributed by atoms with van der Waals surface area (Å²) in [5.41, 5.74) is 2.70. The van der Waals surface area contributed by atoms with E-state index in [2.05, 4.69) is 15.2 Å². The number of halogens is 2. The van der Waals surface area contributed by atoms with E-state index < -0.39 is 17.7 Å². The van der Waals surface area contributed by atoms with Gasteiger partial charge < -0.3 is 10.0 Å². The van der Waals surface area contributed by atoms with Crippen molar-refractivity contribution in [3.8, 4) is 0 Å². The Balaban J connectivity index is 1.64. The van der Waals surface area contributed by atoms with Gasteiger partial charge in [0.25, 0.3) is 0 Å². The van der Waals surface area contributed by atoms with Crippen LogP contribution in [-0.4, -0.2) is 39.5 Å². The van der Waals surface area contributed by atoms with Crippen molar-refractivity contribution in [2.45, 2.75) is 19.4 Å². The third kappa shape index (κ3) is 2.95. The van der Waals surface area contributed by atoms with E-state index in [9.17, 15) is 13.9 Å². The van der Waals surface area contributed by atoms with Crippen molar-refractivity contribution in [3.05, 3.63) is 53.5 Å². The highest BCUT2D eigenvalue weighted by Crippen LogP contribution is 2.32. The molecule has 0 spiro atoms. The number of hydrogen-bond acceptors (Lipinski definition) is 4. The van der Waals surface area contributed by atoms with Gasteiger partial charge in [0, 0.05) is 48.0 Å². The molecule has 1 aliphatic heterocycles. The first-order valence-electron chi connectivity index (χ1n) is 8.19. The Labute approximate surface area is 143 Å². The molecule has 2 aromatic heterocycles. The van der Waals surface area contributed by atoms with Gasteiger partial charge in [-0.05, 0) is 31.5 Å². The maximum Gasteiger partial charge on any atom is 0.152 e. The molecule has 25 heavy (non-hydrogen) atoms. The summed E-state index contributed by atoms with van der Waals surface area (Å²) in [6, 6.07) is 5.81. The number of aryl methyl sites for hydroxylation is 1. The standard InChI is InChI=1S/C18H18F2N4O/c1-10-4-13(23-22-10)5-11-8-24(9-17(11)25)16-2-3-21-18-14(16)6-12(19)7-15(18)20/h2-4,6-7,11,17,25H,5,8-9H2,1H3,(H,22,23)/t11-,17+/m1/s1. The second-order valence-corrected chi connectivity index (χ2v) is 6.59. The van der Waals surface area contributed by atoms with Gasteiger partial charge >= 0.3 is 0 Å². The van der Waals surface area contributed by atoms with E-state index in [-0.39, 0.29) is 11.4 Å². The van der Waals surface area contributed by atoms with Gasteiger partial charge in [-0.2, -0.15) is 5.10 Å². The fourth-order valence-electron chi connectivity index (χ4n) is 3.54. The van der Waals surface area contributed by atoms with Crippen LogP contribution in [0.2, 0.25) is 0 Å². The maximum absolute atomic E-state index is 14.0. The number of anilines is 1. The van der Waals surface area contributed by atoms with Gasteiger partial charge in [-0.15, -0.1) is 0 Å². The average Bonchev–Trinajstić information content (AvgIpc) is 3.13. The van der Waals surface area contributed by atoms with E-state index >= 15 is 0 Å². The second kappa shape index (κ2) is 6.07. The van der Waals surface area contributed by atoms with Gasteiger partial charge in [-0.1, -0.05) is 0 Å². The van der Waals surface area contributed by atoms with Crippen molar-refractivity contribution in [3.63, 3.8) is 0 Å². The van der Waals surface area contributed by atoms with Crippen LogP contribution in [0, 0.1) is 24.5 Å². The molecule has 7 heteroatoms. The zero-order valence-corrected chi connectivity index (χ0v) is 13.7. The first-order chi connectivity index (χ1) is 12.0. The minimum atomic E-state index is -0.680. The van der Waals surface area contributed by atoms with Crippen LogP contribution < -0.4 is 4.90 Å². The predicted octanol–water partition coefficient (Wildman–Crippen LogP) is 2.58. The lowest BCUT2D eigenvalue weighted by Crippen LogP contribution is -2.21. The minimum absolute atomic E-state index is 0.00400. The van der Waals surface area contributed by atoms with Crippen molar-refractivity contribution in [2.75, 3.05) is 18.0 Å². The molecule has 1 aromatic carbocycles. The number of nitrogens with one attached hydrogen (secondary N) is 1. The summed E-state index contributed by atoms with van der Waals surface area (Å²) in [4.78, 5) is 5.97. The first kappa shape index (κ1) is 16.0. The van der Waals surface area contributed by atoms with Crippen LogP contribution in [0.4, 0.5) is 14.5 Å². The molecule has 3 heterocycles. The number of hydrogen-bond donors (Lipinski definition) is 2. The number of fused-ring (bicyclic) bond motifs is 1. The van der Waals surface area contributed by atoms with Crippen LogP contribution in [0.3, 0.4) is 0 Å². The third-order valence-corrected chi connectivity index (χ3v) is 4.72. The molecule has 2 atom stereocenters. The van der Waals surface area contributed by atoms with Crippen molar-refractivity contribution in [1.82, 2.24) is 15.2 Å². The zero-order valence-electron chi connectivity index (χ0n) is 13.7. The number of pyridine rings is 1. The molecule has 0 bridgehead atoms. The first-order valence-corrected chi connectivity index (χ1v) is 8.19. The van der Waals surface area contributed by atoms with Crippen LogP contribution in [0.1, 0.15) is 11.4 Å². The summed E-state index contributed by atoms with van der Waals surface area (Å²) < 4.78 is 27.6. The molecule has 0 saturated carbocycles. The van der Waals surface area contributed by atoms with Crippen molar-refractivity contribution in [1.29, 1.82) is 0 Å². The SMILES string of the molecule is Cc1cc(C[C@@H]2CN(c3ccnc4c(F)cc(F)cc34)C[C@@H]2O)n[nH]1. The van der Waals surface area contributed by atoms with Gasteiger partial charge in [0.05, 0.1) is 11.8 Å². The lowest BCUT2D eigenvalue weighted by atomic mass is 10.00. The number of aromatic nitrogens is 3. The van der Waals surface area contributed by atoms with Crippen LogP contribution in [0.15, 0.2) is 30.5 Å².